The van der Waals surface area contributed by atoms with E-state index in [1.54, 1.807) is 0 Å². The first kappa shape index (κ1) is 27.6. The molecule has 47 heavy (non-hydrogen) atoms. The van der Waals surface area contributed by atoms with Gasteiger partial charge in [0.15, 0.2) is 11.6 Å². The van der Waals surface area contributed by atoms with Crippen molar-refractivity contribution in [2.24, 2.45) is 0 Å². The van der Waals surface area contributed by atoms with Gasteiger partial charge in [0.05, 0.1) is 0 Å². The average Bonchev–Trinajstić information content (AvgIpc) is 3.60. The Morgan fingerprint density at radius 2 is 0.809 bits per heavy atom. The van der Waals surface area contributed by atoms with Gasteiger partial charge < -0.3 is 0 Å². The summed E-state index contributed by atoms with van der Waals surface area (Å²) in [5.74, 6) is 1.98. The number of benzene rings is 7. The van der Waals surface area contributed by atoms with Crippen LogP contribution in [0.2, 0.25) is 0 Å². The fourth-order valence-corrected chi connectivity index (χ4v) is 8.39. The zero-order valence-electron chi connectivity index (χ0n) is 25.2. The van der Waals surface area contributed by atoms with Crippen molar-refractivity contribution in [3.8, 4) is 55.4 Å². The zero-order valence-corrected chi connectivity index (χ0v) is 26.9. The maximum absolute atomic E-state index is 5.02. The first-order chi connectivity index (χ1) is 23.2. The van der Waals surface area contributed by atoms with E-state index in [-0.39, 0.29) is 14.5 Å². The van der Waals surface area contributed by atoms with Crippen LogP contribution in [0, 0.1) is 0 Å². The molecule has 0 radical (unpaired) electrons. The van der Waals surface area contributed by atoms with Gasteiger partial charge in [0.1, 0.15) is 0 Å². The molecule has 0 aliphatic carbocycles. The van der Waals surface area contributed by atoms with E-state index >= 15 is 0 Å². The Balaban J connectivity index is 1.10. The molecule has 2 aromatic heterocycles. The summed E-state index contributed by atoms with van der Waals surface area (Å²) in [5, 5.41) is 4.86. The Morgan fingerprint density at radius 3 is 1.43 bits per heavy atom. The van der Waals surface area contributed by atoms with Crippen molar-refractivity contribution in [2.75, 3.05) is 0 Å². The molecule has 0 saturated heterocycles. The number of hydrogen-bond donors (Lipinski definition) is 0. The summed E-state index contributed by atoms with van der Waals surface area (Å²) < 4.78 is 2.56. The summed E-state index contributed by atoms with van der Waals surface area (Å²) in [7, 11) is 0. The molecule has 0 spiro atoms. The average molecular weight is 666 g/mol. The summed E-state index contributed by atoms with van der Waals surface area (Å²) in [6.45, 7) is 0. The number of nitrogens with zero attached hydrogens (tertiary/aromatic N) is 4. The van der Waals surface area contributed by atoms with Crippen LogP contribution >= 0.6 is 0 Å². The van der Waals surface area contributed by atoms with Crippen LogP contribution in [0.1, 0.15) is 0 Å². The Morgan fingerprint density at radius 1 is 0.340 bits per heavy atom. The minimum Gasteiger partial charge on any atom is -0.0615 e. The summed E-state index contributed by atoms with van der Waals surface area (Å²) in [6.07, 6.45) is 0. The zero-order chi connectivity index (χ0) is 31.2. The molecule has 2 heterocycles. The summed E-state index contributed by atoms with van der Waals surface area (Å²) >= 11 is 0.157. The third-order valence-electron chi connectivity index (χ3n) is 8.52. The third-order valence-corrected chi connectivity index (χ3v) is 10.9. The molecule has 0 saturated carbocycles. The van der Waals surface area contributed by atoms with Crippen LogP contribution in [0.25, 0.3) is 86.7 Å². The van der Waals surface area contributed by atoms with E-state index in [0.29, 0.717) is 17.5 Å². The molecular formula is C42H26N4Se. The summed E-state index contributed by atoms with van der Waals surface area (Å²) in [6, 6.07) is 55.1. The number of fused-ring (bicyclic) bond motifs is 4. The van der Waals surface area contributed by atoms with Gasteiger partial charge in [0.2, 0.25) is 0 Å². The maximum atomic E-state index is 5.02. The van der Waals surface area contributed by atoms with Crippen LogP contribution in [0.3, 0.4) is 0 Å². The monoisotopic (exact) mass is 666 g/mol. The molecule has 0 atom stereocenters. The van der Waals surface area contributed by atoms with E-state index in [1.165, 1.54) is 41.7 Å². The predicted molar refractivity (Wildman–Crippen MR) is 194 cm³/mol. The van der Waals surface area contributed by atoms with Crippen LogP contribution in [0.15, 0.2) is 158 Å². The van der Waals surface area contributed by atoms with Gasteiger partial charge in [0.25, 0.3) is 0 Å². The third kappa shape index (κ3) is 5.22. The molecule has 0 fully saturated rings. The number of hydrogen-bond acceptors (Lipinski definition) is 4. The van der Waals surface area contributed by atoms with Crippen molar-refractivity contribution in [1.29, 1.82) is 0 Å². The minimum absolute atomic E-state index is 0.157. The molecule has 9 aromatic rings. The van der Waals surface area contributed by atoms with E-state index in [9.17, 15) is 0 Å². The molecule has 0 unspecified atom stereocenters. The smallest absolute Gasteiger partial charge is 0.0615 e. The molecule has 220 valence electrons. The number of aromatic nitrogens is 4. The van der Waals surface area contributed by atoms with Crippen LogP contribution in [0.5, 0.6) is 0 Å². The van der Waals surface area contributed by atoms with E-state index in [2.05, 4.69) is 97.1 Å². The van der Waals surface area contributed by atoms with Gasteiger partial charge in [-0.25, -0.2) is 4.98 Å². The Labute approximate surface area is 277 Å². The molecule has 9 rings (SSSR count). The van der Waals surface area contributed by atoms with Crippen LogP contribution in [-0.2, 0) is 0 Å². The van der Waals surface area contributed by atoms with Crippen molar-refractivity contribution >= 4 is 45.8 Å². The first-order valence-corrected chi connectivity index (χ1v) is 17.3. The van der Waals surface area contributed by atoms with Gasteiger partial charge >= 0.3 is 190 Å². The summed E-state index contributed by atoms with van der Waals surface area (Å²) in [5.41, 5.74) is 7.60. The van der Waals surface area contributed by atoms with Crippen molar-refractivity contribution in [3.05, 3.63) is 158 Å². The quantitative estimate of drug-likeness (QED) is 0.172. The van der Waals surface area contributed by atoms with Crippen LogP contribution in [0.4, 0.5) is 0 Å². The first-order valence-electron chi connectivity index (χ1n) is 15.6. The van der Waals surface area contributed by atoms with E-state index in [4.69, 9.17) is 19.9 Å². The van der Waals surface area contributed by atoms with E-state index < -0.39 is 0 Å². The van der Waals surface area contributed by atoms with Crippen molar-refractivity contribution < 1.29 is 0 Å². The number of rotatable bonds is 5. The Hall–Kier alpha value is -5.74. The topological polar surface area (TPSA) is 51.6 Å². The SMILES string of the molecule is c1ccc(-c2nc(-c3ccccc3)nc(-c3ccc4cc(-c5ccc6ccc7nc(-c8ccccc8)[se]c7c6c5)ccc4c3)n2)cc1. The molecule has 7 aromatic carbocycles. The van der Waals surface area contributed by atoms with Gasteiger partial charge in [-0.3, -0.25) is 0 Å². The molecular weight excluding hydrogens is 639 g/mol. The van der Waals surface area contributed by atoms with Gasteiger partial charge in [0, 0.05) is 11.1 Å². The minimum atomic E-state index is 0.157. The van der Waals surface area contributed by atoms with Crippen LogP contribution in [-0.4, -0.2) is 34.4 Å². The van der Waals surface area contributed by atoms with Gasteiger partial charge in [-0.2, -0.15) is 0 Å². The molecule has 0 bridgehead atoms. The predicted octanol–water partition coefficient (Wildman–Crippen LogP) is 10.1. The van der Waals surface area contributed by atoms with E-state index in [0.717, 1.165) is 27.6 Å². The normalized spacial score (nSPS) is 11.4. The van der Waals surface area contributed by atoms with E-state index in [1.807, 2.05) is 60.7 Å². The second kappa shape index (κ2) is 11.6. The Bertz CT molecular complexity index is 2500. The van der Waals surface area contributed by atoms with Crippen molar-refractivity contribution in [1.82, 2.24) is 19.9 Å². The van der Waals surface area contributed by atoms with Crippen LogP contribution < -0.4 is 0 Å². The molecule has 5 heteroatoms. The Kier molecular flexibility index (Phi) is 6.78. The van der Waals surface area contributed by atoms with Gasteiger partial charge in [-0.1, -0.05) is 60.7 Å². The molecule has 0 N–H and O–H groups in total. The molecule has 0 amide bonds. The second-order valence-corrected chi connectivity index (χ2v) is 13.6. The molecule has 0 aliphatic rings. The molecule has 0 aliphatic heterocycles. The van der Waals surface area contributed by atoms with Crippen molar-refractivity contribution in [2.45, 2.75) is 0 Å². The standard InChI is InChI=1S/C42H26N4Se/c1-4-10-28(11-5-1)39-44-40(29-12-6-2-7-13-29)46-41(45-39)35-21-20-31-24-32(18-19-33(31)25-35)34-17-16-27-22-23-37-38(36(27)26-34)47-42(43-37)30-14-8-3-9-15-30/h1-26H. The fraction of sp³-hybridized carbons (Fsp3) is 0. The molecule has 4 nitrogen and oxygen atoms in total. The van der Waals surface area contributed by atoms with Gasteiger partial charge in [-0.15, -0.1) is 0 Å². The van der Waals surface area contributed by atoms with Crippen molar-refractivity contribution in [3.63, 3.8) is 0 Å². The van der Waals surface area contributed by atoms with Gasteiger partial charge in [-0.05, 0) is 0 Å². The second-order valence-electron chi connectivity index (χ2n) is 11.5. The summed E-state index contributed by atoms with van der Waals surface area (Å²) in [4.78, 5) is 19.7. The fourth-order valence-electron chi connectivity index (χ4n) is 6.09.